The summed E-state index contributed by atoms with van der Waals surface area (Å²) in [6.45, 7) is 4.81. The van der Waals surface area contributed by atoms with E-state index in [0.717, 1.165) is 48.8 Å². The molecule has 2 aromatic carbocycles. The van der Waals surface area contributed by atoms with Gasteiger partial charge in [0.2, 0.25) is 5.95 Å². The Morgan fingerprint density at radius 3 is 2.38 bits per heavy atom. The Kier molecular flexibility index (Phi) is 11.6. The molecule has 5 rings (SSSR count). The number of amides is 4. The minimum atomic E-state index is -4.44. The van der Waals surface area contributed by atoms with Crippen molar-refractivity contribution in [3.05, 3.63) is 70.0 Å². The number of benzene rings is 2. The molecule has 2 aliphatic rings. The van der Waals surface area contributed by atoms with Crippen molar-refractivity contribution >= 4 is 57.3 Å². The topological polar surface area (TPSA) is 208 Å². The highest BCUT2D eigenvalue weighted by Gasteiger charge is 2.40. The molecule has 1 saturated carbocycles. The number of hydrogen-bond donors (Lipinski definition) is 2. The maximum Gasteiger partial charge on any atom is 0.427 e. The number of cyclic esters (lactones) is 1. The van der Waals surface area contributed by atoms with Gasteiger partial charge in [-0.05, 0) is 70.2 Å². The monoisotopic (exact) mass is 734 g/mol. The smallest absolute Gasteiger partial charge is 0.427 e. The number of aromatic carboxylic acids is 1. The summed E-state index contributed by atoms with van der Waals surface area (Å²) in [5.74, 6) is -2.66. The first-order chi connectivity index (χ1) is 23.5. The zero-order valence-electron chi connectivity index (χ0n) is 27.4. The van der Waals surface area contributed by atoms with Crippen molar-refractivity contribution in [3.8, 4) is 11.8 Å². The number of nitrogens with one attached hydrogen (secondary N) is 1. The molecule has 0 unspecified atom stereocenters. The van der Waals surface area contributed by atoms with E-state index in [-0.39, 0.29) is 46.1 Å². The number of hydrogen-bond acceptors (Lipinski definition) is 12. The normalized spacial score (nSPS) is 14.5. The fourth-order valence-corrected chi connectivity index (χ4v) is 6.12. The molecule has 50 heavy (non-hydrogen) atoms. The van der Waals surface area contributed by atoms with Gasteiger partial charge in [-0.25, -0.2) is 36.8 Å². The predicted octanol–water partition coefficient (Wildman–Crippen LogP) is 5.00. The highest BCUT2D eigenvalue weighted by atomic mass is 35.5. The standard InChI is InChI=1S/C17H17ClFNO4.C14H15N5O6S/c1-9(2)15-16(21)20(17(22)24-15)13-8-14(11(18)7-12(13)19)23-10-5-3-4-6-10;1-8-15-12(17-13(16-8)25-3)19(2)14(22)18-26(23,24)10-7-5-4-6-9(10)11(20)21/h7-8,10H,3-6H2,1-2H3;4-7H,1-3H3,(H,18,22)(H,20,21). The Bertz CT molecular complexity index is 1980. The van der Waals surface area contributed by atoms with Crippen LogP contribution in [0.2, 0.25) is 5.02 Å². The van der Waals surface area contributed by atoms with E-state index in [1.807, 2.05) is 0 Å². The van der Waals surface area contributed by atoms with Crippen LogP contribution in [0.4, 0.5) is 25.6 Å². The van der Waals surface area contributed by atoms with Crippen LogP contribution >= 0.6 is 11.6 Å². The second-order valence-electron chi connectivity index (χ2n) is 11.0. The second-order valence-corrected chi connectivity index (χ2v) is 13.1. The van der Waals surface area contributed by atoms with E-state index in [2.05, 4.69) is 15.0 Å². The van der Waals surface area contributed by atoms with Crippen molar-refractivity contribution in [2.75, 3.05) is 24.0 Å². The molecule has 19 heteroatoms. The third kappa shape index (κ3) is 8.43. The number of carboxylic acids is 1. The molecule has 16 nitrogen and oxygen atoms in total. The van der Waals surface area contributed by atoms with Crippen LogP contribution in [0.1, 0.15) is 55.7 Å². The van der Waals surface area contributed by atoms with E-state index in [1.54, 1.807) is 25.5 Å². The summed E-state index contributed by atoms with van der Waals surface area (Å²) in [4.78, 5) is 60.4. The van der Waals surface area contributed by atoms with Crippen LogP contribution in [0.25, 0.3) is 0 Å². The van der Waals surface area contributed by atoms with Gasteiger partial charge in [0.1, 0.15) is 22.3 Å². The Hall–Kier alpha value is -5.36. The number of carboxylic acid groups (broad SMARTS) is 1. The third-order valence-electron chi connectivity index (χ3n) is 7.19. The Balaban J connectivity index is 0.000000225. The molecule has 2 heterocycles. The van der Waals surface area contributed by atoms with E-state index in [9.17, 15) is 32.0 Å². The van der Waals surface area contributed by atoms with Crippen molar-refractivity contribution in [2.45, 2.75) is 57.5 Å². The number of urea groups is 1. The van der Waals surface area contributed by atoms with Crippen LogP contribution in [0.3, 0.4) is 0 Å². The van der Waals surface area contributed by atoms with Crippen LogP contribution in [0, 0.1) is 12.7 Å². The number of carbonyl (C=O) groups excluding carboxylic acids is 3. The van der Waals surface area contributed by atoms with Crippen molar-refractivity contribution in [1.82, 2.24) is 19.7 Å². The van der Waals surface area contributed by atoms with Gasteiger partial charge in [-0.2, -0.15) is 15.0 Å². The molecule has 2 fully saturated rings. The summed E-state index contributed by atoms with van der Waals surface area (Å²) in [5, 5.41) is 9.21. The fraction of sp³-hybridized carbons (Fsp3) is 0.323. The highest BCUT2D eigenvalue weighted by molar-refractivity contribution is 7.90. The molecular weight excluding hydrogens is 703 g/mol. The summed E-state index contributed by atoms with van der Waals surface area (Å²) in [7, 11) is -1.87. The third-order valence-corrected chi connectivity index (χ3v) is 8.87. The second kappa shape index (κ2) is 15.5. The SMILES string of the molecule is CC(C)=C1OC(=O)N(c2cc(OC3CCCC3)c(Cl)cc2F)C1=O.COc1nc(C)nc(N(C)C(=O)NS(=O)(=O)c2ccccc2C(=O)O)n1. The van der Waals surface area contributed by atoms with Crippen molar-refractivity contribution < 1.29 is 51.3 Å². The predicted molar refractivity (Wildman–Crippen MR) is 175 cm³/mol. The summed E-state index contributed by atoms with van der Waals surface area (Å²) < 4.78 is 56.5. The molecule has 1 saturated heterocycles. The summed E-state index contributed by atoms with van der Waals surface area (Å²) in [6.07, 6.45) is 3.00. The summed E-state index contributed by atoms with van der Waals surface area (Å²) in [6, 6.07) is 6.10. The van der Waals surface area contributed by atoms with Crippen LogP contribution in [0.15, 0.2) is 52.6 Å². The van der Waals surface area contributed by atoms with E-state index in [1.165, 1.54) is 32.4 Å². The molecule has 4 amide bonds. The van der Waals surface area contributed by atoms with E-state index >= 15 is 0 Å². The van der Waals surface area contributed by atoms with Crippen molar-refractivity contribution in [3.63, 3.8) is 0 Å². The van der Waals surface area contributed by atoms with Gasteiger partial charge >= 0.3 is 30.0 Å². The van der Waals surface area contributed by atoms with E-state index < -0.39 is 50.3 Å². The number of nitrogens with zero attached hydrogens (tertiary/aromatic N) is 5. The molecule has 0 radical (unpaired) electrons. The summed E-state index contributed by atoms with van der Waals surface area (Å²) >= 11 is 6.04. The van der Waals surface area contributed by atoms with E-state index in [4.69, 9.17) is 30.9 Å². The van der Waals surface area contributed by atoms with Crippen LogP contribution in [-0.2, 0) is 19.6 Å². The molecule has 0 atom stereocenters. The average Bonchev–Trinajstić information content (AvgIpc) is 3.68. The lowest BCUT2D eigenvalue weighted by Gasteiger charge is -2.18. The van der Waals surface area contributed by atoms with Crippen LogP contribution in [-0.4, -0.2) is 72.7 Å². The lowest BCUT2D eigenvalue weighted by molar-refractivity contribution is -0.114. The van der Waals surface area contributed by atoms with Crippen LogP contribution < -0.4 is 24.0 Å². The Morgan fingerprint density at radius 2 is 1.78 bits per heavy atom. The Morgan fingerprint density at radius 1 is 1.12 bits per heavy atom. The first-order valence-corrected chi connectivity index (χ1v) is 16.7. The number of carbonyl (C=O) groups is 4. The molecule has 1 aromatic heterocycles. The molecule has 266 valence electrons. The van der Waals surface area contributed by atoms with Gasteiger partial charge in [-0.1, -0.05) is 23.7 Å². The lowest BCUT2D eigenvalue weighted by atomic mass is 10.2. The van der Waals surface area contributed by atoms with Crippen molar-refractivity contribution in [1.29, 1.82) is 0 Å². The Labute approximate surface area is 290 Å². The lowest BCUT2D eigenvalue weighted by Crippen LogP contribution is -2.42. The van der Waals surface area contributed by atoms with Crippen molar-refractivity contribution in [2.24, 2.45) is 0 Å². The molecular formula is C31H32ClFN6O10S. The van der Waals surface area contributed by atoms with Gasteiger partial charge in [0.15, 0.2) is 5.76 Å². The fourth-order valence-electron chi connectivity index (χ4n) is 4.74. The maximum absolute atomic E-state index is 14.3. The summed E-state index contributed by atoms with van der Waals surface area (Å²) in [5.41, 5.74) is -0.153. The van der Waals surface area contributed by atoms with Gasteiger partial charge in [0.05, 0.1) is 29.5 Å². The minimum Gasteiger partial charge on any atom is -0.489 e. The van der Waals surface area contributed by atoms with Gasteiger partial charge < -0.3 is 19.3 Å². The molecule has 0 bridgehead atoms. The van der Waals surface area contributed by atoms with Gasteiger partial charge in [0.25, 0.3) is 10.0 Å². The largest absolute Gasteiger partial charge is 0.489 e. The van der Waals surface area contributed by atoms with Gasteiger partial charge in [-0.3, -0.25) is 9.69 Å². The molecule has 1 aliphatic heterocycles. The number of methoxy groups -OCH3 is 1. The van der Waals surface area contributed by atoms with Crippen LogP contribution in [0.5, 0.6) is 11.8 Å². The van der Waals surface area contributed by atoms with Gasteiger partial charge in [-0.15, -0.1) is 0 Å². The first kappa shape index (κ1) is 37.5. The molecule has 1 aliphatic carbocycles. The average molecular weight is 735 g/mol. The minimum absolute atomic E-state index is 0.00962. The van der Waals surface area contributed by atoms with Gasteiger partial charge in [0, 0.05) is 13.1 Å². The quantitative estimate of drug-likeness (QED) is 0.293. The number of ether oxygens (including phenoxy) is 3. The molecule has 3 aromatic rings. The number of sulfonamides is 1. The van der Waals surface area contributed by atoms with E-state index in [0.29, 0.717) is 10.5 Å². The number of anilines is 2. The number of imide groups is 1. The number of allylic oxidation sites excluding steroid dienone is 1. The zero-order valence-corrected chi connectivity index (χ0v) is 29.0. The number of aryl methyl sites for hydroxylation is 1. The molecule has 0 spiro atoms. The number of halogens is 2. The zero-order chi connectivity index (χ0) is 36.9. The first-order valence-electron chi connectivity index (χ1n) is 14.8. The number of rotatable bonds is 8. The highest BCUT2D eigenvalue weighted by Crippen LogP contribution is 2.37. The maximum atomic E-state index is 14.3. The number of aromatic nitrogens is 3. The molecule has 2 N–H and O–H groups in total.